The van der Waals surface area contributed by atoms with E-state index < -0.39 is 29.3 Å². The summed E-state index contributed by atoms with van der Waals surface area (Å²) in [5, 5.41) is 0.723. The highest BCUT2D eigenvalue weighted by Crippen LogP contribution is 2.24. The minimum absolute atomic E-state index is 0.257. The zero-order valence-electron chi connectivity index (χ0n) is 15.0. The van der Waals surface area contributed by atoms with Crippen LogP contribution in [0.15, 0.2) is 39.5 Å². The third-order valence-electron chi connectivity index (χ3n) is 3.97. The maximum absolute atomic E-state index is 12.5. The van der Waals surface area contributed by atoms with Gasteiger partial charge in [0.15, 0.2) is 0 Å². The van der Waals surface area contributed by atoms with Crippen LogP contribution in [0, 0.1) is 0 Å². The summed E-state index contributed by atoms with van der Waals surface area (Å²) in [5.74, 6) is -0.279. The lowest BCUT2D eigenvalue weighted by Crippen LogP contribution is -2.44. The molecule has 0 unspecified atom stereocenters. The Morgan fingerprint density at radius 2 is 1.92 bits per heavy atom. The SMILES string of the molecule is CC(C)(C)OC(=O)N1CCC[C@H]1C(=O)Oc1ccc2ccc(=O)oc2c1. The van der Waals surface area contributed by atoms with E-state index in [4.69, 9.17) is 13.9 Å². The van der Waals surface area contributed by atoms with Crippen molar-refractivity contribution in [3.8, 4) is 5.75 Å². The zero-order valence-corrected chi connectivity index (χ0v) is 15.0. The first-order chi connectivity index (χ1) is 12.2. The van der Waals surface area contributed by atoms with Crippen LogP contribution < -0.4 is 10.4 Å². The number of benzene rings is 1. The van der Waals surface area contributed by atoms with E-state index in [1.54, 1.807) is 39.0 Å². The molecule has 1 atom stereocenters. The van der Waals surface area contributed by atoms with Gasteiger partial charge in [-0.15, -0.1) is 0 Å². The number of ether oxygens (including phenoxy) is 2. The average molecular weight is 359 g/mol. The number of amides is 1. The van der Waals surface area contributed by atoms with Crippen molar-refractivity contribution in [3.63, 3.8) is 0 Å². The lowest BCUT2D eigenvalue weighted by atomic mass is 10.2. The van der Waals surface area contributed by atoms with Crippen LogP contribution in [0.2, 0.25) is 0 Å². The molecule has 138 valence electrons. The Kier molecular flexibility index (Phi) is 4.71. The average Bonchev–Trinajstić information content (AvgIpc) is 3.02. The molecule has 0 spiro atoms. The van der Waals surface area contributed by atoms with Crippen LogP contribution in [0.5, 0.6) is 5.75 Å². The van der Waals surface area contributed by atoms with Gasteiger partial charge in [-0.3, -0.25) is 4.90 Å². The molecule has 1 aliphatic heterocycles. The molecule has 0 bridgehead atoms. The summed E-state index contributed by atoms with van der Waals surface area (Å²) >= 11 is 0. The third kappa shape index (κ3) is 4.04. The minimum atomic E-state index is -0.691. The van der Waals surface area contributed by atoms with Crippen molar-refractivity contribution in [2.75, 3.05) is 6.54 Å². The second-order valence-electron chi connectivity index (χ2n) is 7.21. The van der Waals surface area contributed by atoms with E-state index in [1.807, 2.05) is 0 Å². The Bertz CT molecular complexity index is 895. The molecule has 1 aliphatic rings. The van der Waals surface area contributed by atoms with Gasteiger partial charge < -0.3 is 13.9 Å². The van der Waals surface area contributed by atoms with Gasteiger partial charge in [0.1, 0.15) is 23.0 Å². The molecule has 1 fully saturated rings. The number of fused-ring (bicyclic) bond motifs is 1. The topological polar surface area (TPSA) is 86.0 Å². The molecule has 0 aliphatic carbocycles. The fourth-order valence-electron chi connectivity index (χ4n) is 2.84. The molecule has 3 rings (SSSR count). The number of hydrogen-bond acceptors (Lipinski definition) is 6. The Balaban J connectivity index is 1.74. The van der Waals surface area contributed by atoms with Gasteiger partial charge >= 0.3 is 17.7 Å². The summed E-state index contributed by atoms with van der Waals surface area (Å²) < 4.78 is 15.9. The summed E-state index contributed by atoms with van der Waals surface area (Å²) in [5.41, 5.74) is -0.782. The molecule has 0 N–H and O–H groups in total. The Morgan fingerprint density at radius 1 is 1.19 bits per heavy atom. The van der Waals surface area contributed by atoms with E-state index in [-0.39, 0.29) is 5.75 Å². The number of hydrogen-bond donors (Lipinski definition) is 0. The first kappa shape index (κ1) is 18.0. The lowest BCUT2D eigenvalue weighted by Gasteiger charge is -2.27. The molecule has 1 aromatic heterocycles. The quantitative estimate of drug-likeness (QED) is 0.465. The molecule has 0 radical (unpaired) electrons. The van der Waals surface area contributed by atoms with E-state index in [9.17, 15) is 14.4 Å². The highest BCUT2D eigenvalue weighted by molar-refractivity contribution is 5.85. The van der Waals surface area contributed by atoms with Gasteiger partial charge in [0.2, 0.25) is 0 Å². The fraction of sp³-hybridized carbons (Fsp3) is 0.421. The van der Waals surface area contributed by atoms with Crippen molar-refractivity contribution in [2.24, 2.45) is 0 Å². The van der Waals surface area contributed by atoms with Crippen molar-refractivity contribution in [1.29, 1.82) is 0 Å². The van der Waals surface area contributed by atoms with Crippen LogP contribution in [0.25, 0.3) is 11.0 Å². The van der Waals surface area contributed by atoms with Crippen LogP contribution in [0.4, 0.5) is 4.79 Å². The minimum Gasteiger partial charge on any atom is -0.444 e. The van der Waals surface area contributed by atoms with E-state index >= 15 is 0 Å². The Morgan fingerprint density at radius 3 is 2.65 bits per heavy atom. The number of likely N-dealkylation sites (tertiary alicyclic amines) is 1. The van der Waals surface area contributed by atoms with Crippen molar-refractivity contribution in [3.05, 3.63) is 40.8 Å². The zero-order chi connectivity index (χ0) is 18.9. The normalized spacial score (nSPS) is 17.3. The molecule has 7 heteroatoms. The number of carbonyl (C=O) groups is 2. The van der Waals surface area contributed by atoms with Gasteiger partial charge in [-0.1, -0.05) is 0 Å². The van der Waals surface area contributed by atoms with Crippen molar-refractivity contribution in [2.45, 2.75) is 45.3 Å². The molecule has 2 heterocycles. The monoisotopic (exact) mass is 359 g/mol. The predicted octanol–water partition coefficient (Wildman–Crippen LogP) is 3.10. The molecular formula is C19H21NO6. The molecular weight excluding hydrogens is 338 g/mol. The first-order valence-electron chi connectivity index (χ1n) is 8.48. The number of rotatable bonds is 2. The Hall–Kier alpha value is -2.83. The standard InChI is InChI=1S/C19H21NO6/c1-19(2,3)26-18(23)20-10-4-5-14(20)17(22)24-13-8-6-12-7-9-16(21)25-15(12)11-13/h6-9,11,14H,4-5,10H2,1-3H3/t14-/m0/s1. The summed E-state index contributed by atoms with van der Waals surface area (Å²) in [7, 11) is 0. The Labute approximate surface area is 150 Å². The van der Waals surface area contributed by atoms with Crippen molar-refractivity contribution >= 4 is 23.0 Å². The lowest BCUT2D eigenvalue weighted by molar-refractivity contribution is -0.139. The van der Waals surface area contributed by atoms with Crippen LogP contribution >= 0.6 is 0 Å². The first-order valence-corrected chi connectivity index (χ1v) is 8.48. The fourth-order valence-corrected chi connectivity index (χ4v) is 2.84. The molecule has 7 nitrogen and oxygen atoms in total. The van der Waals surface area contributed by atoms with Gasteiger partial charge in [-0.25, -0.2) is 14.4 Å². The summed E-state index contributed by atoms with van der Waals surface area (Å²) in [6, 6.07) is 7.07. The van der Waals surface area contributed by atoms with Gasteiger partial charge in [0.25, 0.3) is 0 Å². The maximum atomic E-state index is 12.5. The van der Waals surface area contributed by atoms with Crippen LogP contribution in [0.1, 0.15) is 33.6 Å². The summed E-state index contributed by atoms with van der Waals surface area (Å²) in [4.78, 5) is 37.5. The van der Waals surface area contributed by atoms with Crippen LogP contribution in [-0.2, 0) is 9.53 Å². The molecule has 1 amide bonds. The smallest absolute Gasteiger partial charge is 0.411 e. The van der Waals surface area contributed by atoms with Crippen LogP contribution in [-0.4, -0.2) is 35.2 Å². The van der Waals surface area contributed by atoms with E-state index in [0.717, 1.165) is 5.39 Å². The van der Waals surface area contributed by atoms with Crippen molar-refractivity contribution < 1.29 is 23.5 Å². The van der Waals surface area contributed by atoms with E-state index in [1.165, 1.54) is 17.0 Å². The number of esters is 1. The third-order valence-corrected chi connectivity index (χ3v) is 3.97. The van der Waals surface area contributed by atoms with Gasteiger partial charge in [-0.05, 0) is 51.8 Å². The predicted molar refractivity (Wildman–Crippen MR) is 94.1 cm³/mol. The second-order valence-corrected chi connectivity index (χ2v) is 7.21. The number of carbonyl (C=O) groups excluding carboxylic acids is 2. The van der Waals surface area contributed by atoms with Gasteiger partial charge in [-0.2, -0.15) is 0 Å². The highest BCUT2D eigenvalue weighted by Gasteiger charge is 2.37. The summed E-state index contributed by atoms with van der Waals surface area (Å²) in [6.07, 6.45) is 0.688. The molecule has 1 saturated heterocycles. The largest absolute Gasteiger partial charge is 0.444 e. The number of nitrogens with zero attached hydrogens (tertiary/aromatic N) is 1. The second kappa shape index (κ2) is 6.82. The van der Waals surface area contributed by atoms with Crippen LogP contribution in [0.3, 0.4) is 0 Å². The molecule has 1 aromatic carbocycles. The molecule has 2 aromatic rings. The molecule has 0 saturated carbocycles. The van der Waals surface area contributed by atoms with Crippen molar-refractivity contribution in [1.82, 2.24) is 4.90 Å². The van der Waals surface area contributed by atoms with Gasteiger partial charge in [0, 0.05) is 24.1 Å². The highest BCUT2D eigenvalue weighted by atomic mass is 16.6. The summed E-state index contributed by atoms with van der Waals surface area (Å²) in [6.45, 7) is 5.77. The molecule has 26 heavy (non-hydrogen) atoms. The van der Waals surface area contributed by atoms with Gasteiger partial charge in [0.05, 0.1) is 0 Å². The maximum Gasteiger partial charge on any atom is 0.411 e. The van der Waals surface area contributed by atoms with E-state index in [0.29, 0.717) is 25.0 Å². The van der Waals surface area contributed by atoms with E-state index in [2.05, 4.69) is 0 Å².